The van der Waals surface area contributed by atoms with Crippen molar-refractivity contribution in [2.45, 2.75) is 46.1 Å². The maximum atomic E-state index is 8.78. The number of nitrogens with two attached hydrogens (primary N) is 1. The number of hydrogen-bond acceptors (Lipinski definition) is 6. The molecule has 0 aliphatic rings. The Hall–Kier alpha value is -1.87. The number of nitrogens with one attached hydrogen (secondary N) is 1. The van der Waals surface area contributed by atoms with Crippen LogP contribution < -0.4 is 16.2 Å². The minimum absolute atomic E-state index is 0.268. The molecule has 1 heterocycles. The molecule has 1 aromatic heterocycles. The van der Waals surface area contributed by atoms with Gasteiger partial charge in [0.15, 0.2) is 0 Å². The monoisotopic (exact) mass is 262 g/mol. The highest BCUT2D eigenvalue weighted by Gasteiger charge is 2.18. The molecule has 6 heteroatoms. The number of hydrogen-bond donors (Lipinski definition) is 2. The van der Waals surface area contributed by atoms with Crippen LogP contribution in [0.25, 0.3) is 0 Å². The summed E-state index contributed by atoms with van der Waals surface area (Å²) in [5.41, 5.74) is 3.64. The molecule has 0 saturated heterocycles. The van der Waals surface area contributed by atoms with E-state index < -0.39 is 0 Å². The molecule has 0 amide bonds. The summed E-state index contributed by atoms with van der Waals surface area (Å²) in [5, 5.41) is 8.78. The van der Waals surface area contributed by atoms with Crippen molar-refractivity contribution in [2.75, 3.05) is 16.9 Å². The van der Waals surface area contributed by atoms with Gasteiger partial charge in [0.25, 0.3) is 0 Å². The normalized spacial score (nSPS) is 10.3. The van der Waals surface area contributed by atoms with Crippen molar-refractivity contribution in [3.8, 4) is 6.07 Å². The molecule has 1 aromatic rings. The Labute approximate surface area is 114 Å². The molecule has 0 bridgehead atoms. The summed E-state index contributed by atoms with van der Waals surface area (Å²) < 4.78 is 0. The van der Waals surface area contributed by atoms with Crippen molar-refractivity contribution < 1.29 is 0 Å². The molecule has 0 unspecified atom stereocenters. The van der Waals surface area contributed by atoms with Crippen LogP contribution in [0.2, 0.25) is 0 Å². The molecule has 104 valence electrons. The van der Waals surface area contributed by atoms with E-state index >= 15 is 0 Å². The zero-order valence-electron chi connectivity index (χ0n) is 11.8. The average molecular weight is 262 g/mol. The summed E-state index contributed by atoms with van der Waals surface area (Å²) in [6.45, 7) is 6.94. The topological polar surface area (TPSA) is 90.9 Å². The second kappa shape index (κ2) is 7.54. The molecule has 0 fully saturated rings. The summed E-state index contributed by atoms with van der Waals surface area (Å²) in [7, 11) is 0. The maximum absolute atomic E-state index is 8.78. The van der Waals surface area contributed by atoms with Gasteiger partial charge < -0.3 is 10.3 Å². The molecule has 0 spiro atoms. The number of hydrazine groups is 1. The quantitative estimate of drug-likeness (QED) is 0.575. The third-order valence-corrected chi connectivity index (χ3v) is 2.92. The van der Waals surface area contributed by atoms with Gasteiger partial charge in [0.2, 0.25) is 0 Å². The predicted molar refractivity (Wildman–Crippen MR) is 76.5 cm³/mol. The minimum Gasteiger partial charge on any atom is -0.353 e. The fourth-order valence-corrected chi connectivity index (χ4v) is 2.03. The Bertz CT molecular complexity index is 437. The second-order valence-electron chi connectivity index (χ2n) is 4.61. The Morgan fingerprint density at radius 1 is 1.47 bits per heavy atom. The van der Waals surface area contributed by atoms with Crippen molar-refractivity contribution >= 4 is 11.6 Å². The fourth-order valence-electron chi connectivity index (χ4n) is 2.03. The molecule has 0 aromatic carbocycles. The van der Waals surface area contributed by atoms with Gasteiger partial charge in [-0.1, -0.05) is 13.3 Å². The molecule has 3 N–H and O–H groups in total. The highest BCUT2D eigenvalue weighted by molar-refractivity contribution is 5.58. The first kappa shape index (κ1) is 15.2. The molecule has 0 atom stereocenters. The third-order valence-electron chi connectivity index (χ3n) is 2.92. The number of rotatable bonds is 7. The van der Waals surface area contributed by atoms with Crippen LogP contribution in [0.4, 0.5) is 11.6 Å². The smallest absolute Gasteiger partial charge is 0.148 e. The van der Waals surface area contributed by atoms with E-state index in [0.717, 1.165) is 24.2 Å². The van der Waals surface area contributed by atoms with E-state index in [1.807, 2.05) is 0 Å². The third kappa shape index (κ3) is 3.80. The van der Waals surface area contributed by atoms with Gasteiger partial charge in [-0.2, -0.15) is 5.26 Å². The number of nitriles is 1. The SMILES string of the molecule is CCCc1c(NN)ncnc1N(CCC#N)C(C)C. The lowest BCUT2D eigenvalue weighted by Crippen LogP contribution is -2.33. The van der Waals surface area contributed by atoms with Gasteiger partial charge in [0, 0.05) is 18.2 Å². The van der Waals surface area contributed by atoms with Crippen LogP contribution in [0.5, 0.6) is 0 Å². The minimum atomic E-state index is 0.268. The van der Waals surface area contributed by atoms with Crippen LogP contribution in [-0.2, 0) is 6.42 Å². The fraction of sp³-hybridized carbons (Fsp3) is 0.615. The predicted octanol–water partition coefficient (Wildman–Crippen LogP) is 1.84. The lowest BCUT2D eigenvalue weighted by atomic mass is 10.1. The number of anilines is 2. The molecule has 6 nitrogen and oxygen atoms in total. The molecule has 0 radical (unpaired) electrons. The largest absolute Gasteiger partial charge is 0.353 e. The maximum Gasteiger partial charge on any atom is 0.148 e. The van der Waals surface area contributed by atoms with Crippen molar-refractivity contribution in [1.82, 2.24) is 9.97 Å². The molecule has 19 heavy (non-hydrogen) atoms. The summed E-state index contributed by atoms with van der Waals surface area (Å²) >= 11 is 0. The summed E-state index contributed by atoms with van der Waals surface area (Å²) in [6, 6.07) is 2.45. The van der Waals surface area contributed by atoms with E-state index in [1.54, 1.807) is 0 Å². The van der Waals surface area contributed by atoms with E-state index in [-0.39, 0.29) is 6.04 Å². The summed E-state index contributed by atoms with van der Waals surface area (Å²) in [4.78, 5) is 10.7. The van der Waals surface area contributed by atoms with E-state index in [0.29, 0.717) is 18.8 Å². The van der Waals surface area contributed by atoms with Crippen LogP contribution in [0.1, 0.15) is 39.2 Å². The van der Waals surface area contributed by atoms with Crippen LogP contribution in [0.3, 0.4) is 0 Å². The Morgan fingerprint density at radius 2 is 2.21 bits per heavy atom. The molecule has 0 aliphatic heterocycles. The number of nitrogens with zero attached hydrogens (tertiary/aromatic N) is 4. The Morgan fingerprint density at radius 3 is 2.74 bits per heavy atom. The second-order valence-corrected chi connectivity index (χ2v) is 4.61. The first-order chi connectivity index (χ1) is 9.15. The molecular formula is C13H22N6. The lowest BCUT2D eigenvalue weighted by Gasteiger charge is -2.29. The van der Waals surface area contributed by atoms with Gasteiger partial charge in [0.1, 0.15) is 18.0 Å². The molecular weight excluding hydrogens is 240 g/mol. The Balaban J connectivity index is 3.17. The highest BCUT2D eigenvalue weighted by atomic mass is 15.3. The van der Waals surface area contributed by atoms with Gasteiger partial charge in [-0.25, -0.2) is 15.8 Å². The van der Waals surface area contributed by atoms with E-state index in [2.05, 4.69) is 47.1 Å². The van der Waals surface area contributed by atoms with Crippen LogP contribution in [-0.4, -0.2) is 22.6 Å². The van der Waals surface area contributed by atoms with Crippen molar-refractivity contribution in [3.63, 3.8) is 0 Å². The van der Waals surface area contributed by atoms with Crippen molar-refractivity contribution in [1.29, 1.82) is 5.26 Å². The van der Waals surface area contributed by atoms with Gasteiger partial charge in [-0.15, -0.1) is 0 Å². The number of nitrogen functional groups attached to an aromatic ring is 1. The molecule has 0 aliphatic carbocycles. The zero-order valence-corrected chi connectivity index (χ0v) is 11.8. The first-order valence-electron chi connectivity index (χ1n) is 6.59. The van der Waals surface area contributed by atoms with E-state index in [1.165, 1.54) is 6.33 Å². The zero-order chi connectivity index (χ0) is 14.3. The molecule has 0 saturated carbocycles. The standard InChI is InChI=1S/C13H22N6/c1-4-6-11-12(18-15)16-9-17-13(11)19(10(2)3)8-5-7-14/h9-10H,4-6,8,15H2,1-3H3,(H,16,17,18). The van der Waals surface area contributed by atoms with Crippen LogP contribution >= 0.6 is 0 Å². The van der Waals surface area contributed by atoms with Crippen LogP contribution in [0, 0.1) is 11.3 Å². The lowest BCUT2D eigenvalue weighted by molar-refractivity contribution is 0.669. The van der Waals surface area contributed by atoms with Gasteiger partial charge in [-0.05, 0) is 20.3 Å². The summed E-state index contributed by atoms with van der Waals surface area (Å²) in [6.07, 6.45) is 3.81. The molecule has 1 rings (SSSR count). The summed E-state index contributed by atoms with van der Waals surface area (Å²) in [5.74, 6) is 7.05. The van der Waals surface area contributed by atoms with E-state index in [4.69, 9.17) is 11.1 Å². The average Bonchev–Trinajstić information content (AvgIpc) is 2.40. The van der Waals surface area contributed by atoms with E-state index in [9.17, 15) is 0 Å². The van der Waals surface area contributed by atoms with Gasteiger partial charge >= 0.3 is 0 Å². The van der Waals surface area contributed by atoms with Crippen molar-refractivity contribution in [2.24, 2.45) is 5.84 Å². The van der Waals surface area contributed by atoms with Gasteiger partial charge in [-0.3, -0.25) is 0 Å². The highest BCUT2D eigenvalue weighted by Crippen LogP contribution is 2.26. The first-order valence-corrected chi connectivity index (χ1v) is 6.59. The van der Waals surface area contributed by atoms with Crippen molar-refractivity contribution in [3.05, 3.63) is 11.9 Å². The van der Waals surface area contributed by atoms with Crippen LogP contribution in [0.15, 0.2) is 6.33 Å². The van der Waals surface area contributed by atoms with Gasteiger partial charge in [0.05, 0.1) is 12.5 Å². The Kier molecular flexibility index (Phi) is 6.03. The number of aromatic nitrogens is 2.